The molecule has 0 amide bonds. The van der Waals surface area contributed by atoms with Gasteiger partial charge in [-0.2, -0.15) is 0 Å². The van der Waals surface area contributed by atoms with Gasteiger partial charge in [0.2, 0.25) is 0 Å². The highest BCUT2D eigenvalue weighted by atomic mass is 16.5. The monoisotopic (exact) mass is 321 g/mol. The van der Waals surface area contributed by atoms with Gasteiger partial charge in [0, 0.05) is 0 Å². The molecule has 1 aliphatic rings. The van der Waals surface area contributed by atoms with Gasteiger partial charge in [0.05, 0.1) is 0 Å². The molecular weight excluding hydrogens is 292 g/mol. The summed E-state index contributed by atoms with van der Waals surface area (Å²) in [4.78, 5) is 0. The largest absolute Gasteiger partial charge is 0.489 e. The van der Waals surface area contributed by atoms with E-state index in [4.69, 9.17) is 4.74 Å². The SMILES string of the molecule is CC(C)(C)C1CCC[CH]C1c1ccc(OCc2ccccc2)cc1. The predicted octanol–water partition coefficient (Wildman–Crippen LogP) is 6.40. The van der Waals surface area contributed by atoms with Gasteiger partial charge in [0.25, 0.3) is 0 Å². The molecule has 0 aromatic heterocycles. The van der Waals surface area contributed by atoms with Crippen molar-refractivity contribution in [3.8, 4) is 5.75 Å². The zero-order valence-corrected chi connectivity index (χ0v) is 15.2. The molecule has 3 rings (SSSR count). The molecule has 0 heterocycles. The van der Waals surface area contributed by atoms with Gasteiger partial charge >= 0.3 is 0 Å². The van der Waals surface area contributed by atoms with Gasteiger partial charge < -0.3 is 4.74 Å². The van der Waals surface area contributed by atoms with Crippen LogP contribution in [0.15, 0.2) is 54.6 Å². The Morgan fingerprint density at radius 3 is 2.33 bits per heavy atom. The second-order valence-electron chi connectivity index (χ2n) is 8.01. The van der Waals surface area contributed by atoms with E-state index in [2.05, 4.69) is 63.6 Å². The first-order valence-electron chi connectivity index (χ1n) is 9.14. The van der Waals surface area contributed by atoms with E-state index < -0.39 is 0 Å². The van der Waals surface area contributed by atoms with Crippen molar-refractivity contribution in [2.24, 2.45) is 11.3 Å². The van der Waals surface area contributed by atoms with Crippen LogP contribution in [0.25, 0.3) is 0 Å². The zero-order valence-electron chi connectivity index (χ0n) is 15.2. The highest BCUT2D eigenvalue weighted by molar-refractivity contribution is 5.32. The van der Waals surface area contributed by atoms with Crippen LogP contribution in [0.4, 0.5) is 0 Å². The van der Waals surface area contributed by atoms with E-state index in [1.54, 1.807) is 0 Å². The summed E-state index contributed by atoms with van der Waals surface area (Å²) in [5, 5.41) is 0. The van der Waals surface area contributed by atoms with Gasteiger partial charge in [0.1, 0.15) is 12.4 Å². The third kappa shape index (κ3) is 4.20. The Morgan fingerprint density at radius 1 is 0.958 bits per heavy atom. The Balaban J connectivity index is 1.67. The molecule has 0 saturated heterocycles. The number of rotatable bonds is 4. The fourth-order valence-electron chi connectivity index (χ4n) is 3.85. The molecule has 1 aliphatic carbocycles. The lowest BCUT2D eigenvalue weighted by atomic mass is 9.64. The highest BCUT2D eigenvalue weighted by Gasteiger charge is 2.34. The van der Waals surface area contributed by atoms with Gasteiger partial charge in [-0.1, -0.05) is 69.7 Å². The highest BCUT2D eigenvalue weighted by Crippen LogP contribution is 2.46. The quantitative estimate of drug-likeness (QED) is 0.633. The van der Waals surface area contributed by atoms with Crippen LogP contribution in [0.1, 0.15) is 57.1 Å². The summed E-state index contributed by atoms with van der Waals surface area (Å²) in [5.41, 5.74) is 2.99. The summed E-state index contributed by atoms with van der Waals surface area (Å²) < 4.78 is 5.92. The molecule has 0 spiro atoms. The van der Waals surface area contributed by atoms with Crippen LogP contribution >= 0.6 is 0 Å². The average Bonchev–Trinajstić information content (AvgIpc) is 2.61. The van der Waals surface area contributed by atoms with Gasteiger partial charge in [-0.3, -0.25) is 0 Å². The third-order valence-corrected chi connectivity index (χ3v) is 5.20. The van der Waals surface area contributed by atoms with E-state index in [9.17, 15) is 0 Å². The summed E-state index contributed by atoms with van der Waals surface area (Å²) in [7, 11) is 0. The van der Waals surface area contributed by atoms with Crippen molar-refractivity contribution in [2.45, 2.75) is 52.6 Å². The molecule has 0 bridgehead atoms. The van der Waals surface area contributed by atoms with Crippen molar-refractivity contribution in [3.05, 3.63) is 72.1 Å². The van der Waals surface area contributed by atoms with Gasteiger partial charge in [-0.05, 0) is 59.8 Å². The Kier molecular flexibility index (Phi) is 5.28. The molecule has 1 heteroatoms. The minimum absolute atomic E-state index is 0.351. The fraction of sp³-hybridized carbons (Fsp3) is 0.435. The van der Waals surface area contributed by atoms with Crippen LogP contribution in [-0.2, 0) is 6.61 Å². The predicted molar refractivity (Wildman–Crippen MR) is 101 cm³/mol. The van der Waals surface area contributed by atoms with Crippen molar-refractivity contribution < 1.29 is 4.74 Å². The van der Waals surface area contributed by atoms with E-state index >= 15 is 0 Å². The second kappa shape index (κ2) is 7.42. The molecule has 0 aliphatic heterocycles. The van der Waals surface area contributed by atoms with Crippen LogP contribution in [0.3, 0.4) is 0 Å². The first-order valence-corrected chi connectivity index (χ1v) is 9.14. The van der Waals surface area contributed by atoms with Crippen molar-refractivity contribution in [3.63, 3.8) is 0 Å². The number of benzene rings is 2. The third-order valence-electron chi connectivity index (χ3n) is 5.20. The maximum atomic E-state index is 5.92. The smallest absolute Gasteiger partial charge is 0.119 e. The van der Waals surface area contributed by atoms with E-state index in [1.165, 1.54) is 30.4 Å². The molecule has 24 heavy (non-hydrogen) atoms. The Hall–Kier alpha value is -1.76. The topological polar surface area (TPSA) is 9.23 Å². The van der Waals surface area contributed by atoms with E-state index in [-0.39, 0.29) is 0 Å². The minimum Gasteiger partial charge on any atom is -0.489 e. The maximum absolute atomic E-state index is 5.92. The molecule has 127 valence electrons. The molecule has 1 nitrogen and oxygen atoms in total. The van der Waals surface area contributed by atoms with Crippen LogP contribution in [-0.4, -0.2) is 0 Å². The first kappa shape index (κ1) is 17.1. The molecule has 0 N–H and O–H groups in total. The summed E-state index contributed by atoms with van der Waals surface area (Å²) in [6, 6.07) is 19.1. The molecule has 2 atom stereocenters. The van der Waals surface area contributed by atoms with Crippen LogP contribution in [0.5, 0.6) is 5.75 Å². The summed E-state index contributed by atoms with van der Waals surface area (Å²) in [5.74, 6) is 2.25. The van der Waals surface area contributed by atoms with Crippen LogP contribution in [0, 0.1) is 17.8 Å². The summed E-state index contributed by atoms with van der Waals surface area (Å²) >= 11 is 0. The first-order chi connectivity index (χ1) is 11.5. The molecule has 1 saturated carbocycles. The molecular formula is C23H29O. The molecule has 1 radical (unpaired) electrons. The van der Waals surface area contributed by atoms with Gasteiger partial charge in [0.15, 0.2) is 0 Å². The lowest BCUT2D eigenvalue weighted by Crippen LogP contribution is -2.30. The standard InChI is InChI=1S/C23H29O/c1-23(2,3)22-12-8-7-11-21(22)19-13-15-20(16-14-19)24-17-18-9-5-4-6-10-18/h4-6,9-11,13-16,21-22H,7-8,12,17H2,1-3H3. The normalized spacial score (nSPS) is 21.5. The lowest BCUT2D eigenvalue weighted by Gasteiger charge is -2.40. The molecule has 2 aromatic rings. The minimum atomic E-state index is 0.351. The second-order valence-corrected chi connectivity index (χ2v) is 8.01. The van der Waals surface area contributed by atoms with Gasteiger partial charge in [-0.25, -0.2) is 0 Å². The number of hydrogen-bond donors (Lipinski definition) is 0. The fourth-order valence-corrected chi connectivity index (χ4v) is 3.85. The van der Waals surface area contributed by atoms with E-state index in [1.807, 2.05) is 18.2 Å². The van der Waals surface area contributed by atoms with Crippen molar-refractivity contribution in [1.82, 2.24) is 0 Å². The summed E-state index contributed by atoms with van der Waals surface area (Å²) in [6.07, 6.45) is 6.43. The average molecular weight is 321 g/mol. The van der Waals surface area contributed by atoms with Crippen LogP contribution in [0.2, 0.25) is 0 Å². The molecule has 2 unspecified atom stereocenters. The number of hydrogen-bond acceptors (Lipinski definition) is 1. The number of ether oxygens (including phenoxy) is 1. The Morgan fingerprint density at radius 2 is 1.67 bits per heavy atom. The van der Waals surface area contributed by atoms with Gasteiger partial charge in [-0.15, -0.1) is 0 Å². The van der Waals surface area contributed by atoms with E-state index in [0.29, 0.717) is 17.9 Å². The molecule has 2 aromatic carbocycles. The Bertz CT molecular complexity index is 621. The lowest BCUT2D eigenvalue weighted by molar-refractivity contribution is 0.177. The molecule has 1 fully saturated rings. The van der Waals surface area contributed by atoms with Crippen LogP contribution < -0.4 is 4.74 Å². The maximum Gasteiger partial charge on any atom is 0.119 e. The van der Waals surface area contributed by atoms with Crippen molar-refractivity contribution >= 4 is 0 Å². The Labute approximate surface area is 147 Å². The van der Waals surface area contributed by atoms with Crippen molar-refractivity contribution in [1.29, 1.82) is 0 Å². The zero-order chi connectivity index (χ0) is 17.0. The summed E-state index contributed by atoms with van der Waals surface area (Å²) in [6.45, 7) is 7.75. The van der Waals surface area contributed by atoms with E-state index in [0.717, 1.165) is 11.7 Å². The van der Waals surface area contributed by atoms with Crippen molar-refractivity contribution in [2.75, 3.05) is 0 Å².